The fourth-order valence-corrected chi connectivity index (χ4v) is 4.41. The zero-order valence-electron chi connectivity index (χ0n) is 15.3. The molecule has 1 heterocycles. The Morgan fingerprint density at radius 3 is 2.36 bits per heavy atom. The monoisotopic (exact) mass is 340 g/mol. The number of hydrogen-bond donors (Lipinski definition) is 1. The molecular formula is C21H28N2O2. The molecule has 0 radical (unpaired) electrons. The quantitative estimate of drug-likeness (QED) is 0.915. The number of likely N-dealkylation sites (tertiary alicyclic amines) is 1. The number of aryl methyl sites for hydroxylation is 2. The van der Waals surface area contributed by atoms with Crippen molar-refractivity contribution in [3.05, 3.63) is 34.9 Å². The largest absolute Gasteiger partial charge is 0.350 e. The molecule has 1 aromatic carbocycles. The van der Waals surface area contributed by atoms with Crippen molar-refractivity contribution in [1.82, 2.24) is 10.2 Å². The Labute approximate surface area is 150 Å². The van der Waals surface area contributed by atoms with Crippen molar-refractivity contribution in [3.63, 3.8) is 0 Å². The molecule has 25 heavy (non-hydrogen) atoms. The fourth-order valence-electron chi connectivity index (χ4n) is 4.41. The van der Waals surface area contributed by atoms with Crippen LogP contribution in [0.5, 0.6) is 0 Å². The second kappa shape index (κ2) is 6.15. The van der Waals surface area contributed by atoms with Crippen LogP contribution in [-0.4, -0.2) is 35.3 Å². The first-order chi connectivity index (χ1) is 12.0. The van der Waals surface area contributed by atoms with Crippen molar-refractivity contribution >= 4 is 11.8 Å². The number of nitrogens with zero attached hydrogens (tertiary/aromatic N) is 1. The Kier molecular flexibility index (Phi) is 4.09. The van der Waals surface area contributed by atoms with E-state index >= 15 is 0 Å². The first-order valence-corrected chi connectivity index (χ1v) is 9.66. The molecule has 1 unspecified atom stereocenters. The molecule has 1 aromatic rings. The van der Waals surface area contributed by atoms with Gasteiger partial charge in [0.1, 0.15) is 0 Å². The lowest BCUT2D eigenvalue weighted by Crippen LogP contribution is -2.49. The summed E-state index contributed by atoms with van der Waals surface area (Å²) >= 11 is 0. The molecule has 2 saturated carbocycles. The van der Waals surface area contributed by atoms with E-state index in [-0.39, 0.29) is 23.3 Å². The summed E-state index contributed by atoms with van der Waals surface area (Å²) in [6.07, 6.45) is 6.61. The summed E-state index contributed by atoms with van der Waals surface area (Å²) in [5.41, 5.74) is 3.08. The number of hydrogen-bond acceptors (Lipinski definition) is 2. The van der Waals surface area contributed by atoms with Crippen molar-refractivity contribution in [2.45, 2.75) is 57.9 Å². The summed E-state index contributed by atoms with van der Waals surface area (Å²) in [5.74, 6) is 0.892. The number of benzene rings is 1. The molecule has 4 nitrogen and oxygen atoms in total. The first-order valence-electron chi connectivity index (χ1n) is 9.66. The Morgan fingerprint density at radius 1 is 1.08 bits per heavy atom. The van der Waals surface area contributed by atoms with Gasteiger partial charge in [-0.3, -0.25) is 9.59 Å². The minimum absolute atomic E-state index is 0.0557. The third kappa shape index (κ3) is 3.44. The van der Waals surface area contributed by atoms with Crippen LogP contribution in [0.25, 0.3) is 0 Å². The van der Waals surface area contributed by atoms with Gasteiger partial charge in [-0.25, -0.2) is 0 Å². The lowest BCUT2D eigenvalue weighted by atomic mass is 9.95. The maximum Gasteiger partial charge on any atom is 0.253 e. The van der Waals surface area contributed by atoms with Crippen LogP contribution in [0.2, 0.25) is 0 Å². The standard InChI is InChI=1S/C21H28N2O2/c1-14-10-15(2)12-17(11-14)20(25)23-9-3-4-16(13-23)19(24)22-21(7-8-21)18-5-6-18/h10-12,16,18H,3-9,13H2,1-2H3,(H,22,24). The molecule has 3 fully saturated rings. The van der Waals surface area contributed by atoms with Crippen molar-refractivity contribution in [2.24, 2.45) is 11.8 Å². The smallest absolute Gasteiger partial charge is 0.253 e. The first kappa shape index (κ1) is 16.6. The lowest BCUT2D eigenvalue weighted by Gasteiger charge is -2.33. The van der Waals surface area contributed by atoms with Crippen LogP contribution < -0.4 is 5.32 Å². The summed E-state index contributed by atoms with van der Waals surface area (Å²) in [6, 6.07) is 5.98. The van der Waals surface area contributed by atoms with Gasteiger partial charge in [0.15, 0.2) is 0 Å². The second-order valence-electron chi connectivity index (χ2n) is 8.39. The van der Waals surface area contributed by atoms with Crippen molar-refractivity contribution < 1.29 is 9.59 Å². The molecule has 4 rings (SSSR count). The molecule has 4 heteroatoms. The molecule has 0 spiro atoms. The SMILES string of the molecule is Cc1cc(C)cc(C(=O)N2CCCC(C(=O)NC3(C4CC4)CC3)C2)c1. The third-order valence-corrected chi connectivity index (χ3v) is 6.07. The normalized spacial score (nSPS) is 24.7. The number of piperidine rings is 1. The van der Waals surface area contributed by atoms with Crippen LogP contribution in [0.4, 0.5) is 0 Å². The summed E-state index contributed by atoms with van der Waals surface area (Å²) in [5, 5.41) is 3.34. The molecule has 1 saturated heterocycles. The molecular weight excluding hydrogens is 312 g/mol. The maximum atomic E-state index is 12.9. The van der Waals surface area contributed by atoms with E-state index in [0.29, 0.717) is 12.5 Å². The van der Waals surface area contributed by atoms with E-state index in [2.05, 4.69) is 11.4 Å². The van der Waals surface area contributed by atoms with Gasteiger partial charge >= 0.3 is 0 Å². The third-order valence-electron chi connectivity index (χ3n) is 6.07. The predicted octanol–water partition coefficient (Wildman–Crippen LogP) is 3.21. The Hall–Kier alpha value is -1.84. The summed E-state index contributed by atoms with van der Waals surface area (Å²) in [7, 11) is 0. The second-order valence-corrected chi connectivity index (χ2v) is 8.39. The summed E-state index contributed by atoms with van der Waals surface area (Å²) < 4.78 is 0. The molecule has 1 atom stereocenters. The highest BCUT2D eigenvalue weighted by atomic mass is 16.2. The van der Waals surface area contributed by atoms with Gasteiger partial charge in [0.25, 0.3) is 5.91 Å². The number of amides is 2. The van der Waals surface area contributed by atoms with E-state index in [1.165, 1.54) is 12.8 Å². The number of carbonyl (C=O) groups is 2. The Balaban J connectivity index is 1.41. The van der Waals surface area contributed by atoms with E-state index in [1.54, 1.807) is 0 Å². The van der Waals surface area contributed by atoms with Gasteiger partial charge in [0.05, 0.1) is 5.92 Å². The van der Waals surface area contributed by atoms with Crippen molar-refractivity contribution in [2.75, 3.05) is 13.1 Å². The predicted molar refractivity (Wildman–Crippen MR) is 97.4 cm³/mol. The zero-order valence-corrected chi connectivity index (χ0v) is 15.3. The molecule has 0 bridgehead atoms. The van der Waals surface area contributed by atoms with Gasteiger partial charge in [0.2, 0.25) is 5.91 Å². The van der Waals surface area contributed by atoms with Gasteiger partial charge in [0, 0.05) is 24.2 Å². The van der Waals surface area contributed by atoms with Gasteiger partial charge < -0.3 is 10.2 Å². The number of rotatable bonds is 4. The highest BCUT2D eigenvalue weighted by Gasteiger charge is 2.55. The topological polar surface area (TPSA) is 49.4 Å². The van der Waals surface area contributed by atoms with E-state index in [0.717, 1.165) is 48.9 Å². The minimum atomic E-state index is -0.0557. The number of carbonyl (C=O) groups excluding carboxylic acids is 2. The van der Waals surface area contributed by atoms with Crippen LogP contribution in [0.1, 0.15) is 60.0 Å². The highest BCUT2D eigenvalue weighted by Crippen LogP contribution is 2.53. The molecule has 1 N–H and O–H groups in total. The molecule has 2 amide bonds. The van der Waals surface area contributed by atoms with Crippen LogP contribution in [0, 0.1) is 25.7 Å². The van der Waals surface area contributed by atoms with Crippen LogP contribution in [-0.2, 0) is 4.79 Å². The fraction of sp³-hybridized carbons (Fsp3) is 0.619. The van der Waals surface area contributed by atoms with Crippen molar-refractivity contribution in [3.8, 4) is 0 Å². The molecule has 2 aliphatic carbocycles. The molecule has 134 valence electrons. The number of nitrogens with one attached hydrogen (secondary N) is 1. The van der Waals surface area contributed by atoms with Gasteiger partial charge in [-0.15, -0.1) is 0 Å². The minimum Gasteiger partial charge on any atom is -0.350 e. The average Bonchev–Trinajstić information content (AvgIpc) is 3.46. The Morgan fingerprint density at radius 2 is 1.76 bits per heavy atom. The van der Waals surface area contributed by atoms with Gasteiger partial charge in [-0.1, -0.05) is 17.2 Å². The summed E-state index contributed by atoms with van der Waals surface area (Å²) in [4.78, 5) is 27.5. The van der Waals surface area contributed by atoms with E-state index in [9.17, 15) is 9.59 Å². The van der Waals surface area contributed by atoms with Crippen molar-refractivity contribution in [1.29, 1.82) is 0 Å². The van der Waals surface area contributed by atoms with Gasteiger partial charge in [-0.2, -0.15) is 0 Å². The Bertz CT molecular complexity index is 684. The molecule has 1 aliphatic heterocycles. The lowest BCUT2D eigenvalue weighted by molar-refractivity contribution is -0.127. The molecule has 3 aliphatic rings. The van der Waals surface area contributed by atoms with E-state index < -0.39 is 0 Å². The highest BCUT2D eigenvalue weighted by molar-refractivity contribution is 5.95. The van der Waals surface area contributed by atoms with Gasteiger partial charge in [-0.05, 0) is 70.4 Å². The van der Waals surface area contributed by atoms with Crippen LogP contribution >= 0.6 is 0 Å². The molecule has 0 aromatic heterocycles. The van der Waals surface area contributed by atoms with Crippen LogP contribution in [0.3, 0.4) is 0 Å². The maximum absolute atomic E-state index is 12.9. The zero-order chi connectivity index (χ0) is 17.6. The van der Waals surface area contributed by atoms with Crippen LogP contribution in [0.15, 0.2) is 18.2 Å². The van der Waals surface area contributed by atoms with E-state index in [4.69, 9.17) is 0 Å². The van der Waals surface area contributed by atoms with E-state index in [1.807, 2.05) is 30.9 Å². The average molecular weight is 340 g/mol. The summed E-state index contributed by atoms with van der Waals surface area (Å²) in [6.45, 7) is 5.34.